The average Bonchev–Trinajstić information content (AvgIpc) is 3.05. The Morgan fingerprint density at radius 1 is 1.06 bits per heavy atom. The van der Waals surface area contributed by atoms with Gasteiger partial charge in [0.1, 0.15) is 5.25 Å². The molecule has 5 heteroatoms. The Morgan fingerprint density at radius 3 is 2.45 bits per heavy atom. The van der Waals surface area contributed by atoms with E-state index < -0.39 is 5.25 Å². The van der Waals surface area contributed by atoms with Crippen LogP contribution in [-0.4, -0.2) is 23.1 Å². The van der Waals surface area contributed by atoms with Crippen molar-refractivity contribution in [2.45, 2.75) is 75.1 Å². The number of aryl methyl sites for hydroxylation is 1. The van der Waals surface area contributed by atoms with Crippen LogP contribution in [0, 0.1) is 12.8 Å². The fourth-order valence-corrected chi connectivity index (χ4v) is 5.77. The molecule has 1 aliphatic heterocycles. The molecular weight excluding hydrogens is 404 g/mol. The Morgan fingerprint density at radius 2 is 1.74 bits per heavy atom. The summed E-state index contributed by atoms with van der Waals surface area (Å²) in [5, 5.41) is 2.84. The van der Waals surface area contributed by atoms with Crippen LogP contribution in [0.4, 0.5) is 5.69 Å². The van der Waals surface area contributed by atoms with Gasteiger partial charge in [0, 0.05) is 10.9 Å². The van der Waals surface area contributed by atoms with Gasteiger partial charge in [0.05, 0.1) is 18.2 Å². The van der Waals surface area contributed by atoms with E-state index in [1.54, 1.807) is 0 Å². The maximum absolute atomic E-state index is 13.6. The van der Waals surface area contributed by atoms with Gasteiger partial charge in [0.15, 0.2) is 0 Å². The molecule has 164 valence electrons. The zero-order valence-corrected chi connectivity index (χ0v) is 19.3. The number of nitrogens with zero attached hydrogens (tertiary/aromatic N) is 1. The molecule has 31 heavy (non-hydrogen) atoms. The molecule has 0 unspecified atom stereocenters. The number of hydrogen-bond donors (Lipinski definition) is 1. The maximum Gasteiger partial charge on any atom is 0.241 e. The molecule has 1 heterocycles. The Labute approximate surface area is 189 Å². The van der Waals surface area contributed by atoms with Crippen molar-refractivity contribution in [3.05, 3.63) is 59.7 Å². The second-order valence-electron chi connectivity index (χ2n) is 8.90. The summed E-state index contributed by atoms with van der Waals surface area (Å²) in [6, 6.07) is 16.6. The van der Waals surface area contributed by atoms with Crippen LogP contribution in [-0.2, 0) is 16.1 Å². The zero-order chi connectivity index (χ0) is 21.8. The monoisotopic (exact) mass is 436 g/mol. The Balaban J connectivity index is 1.53. The van der Waals surface area contributed by atoms with Crippen molar-refractivity contribution < 1.29 is 9.59 Å². The average molecular weight is 437 g/mol. The lowest BCUT2D eigenvalue weighted by Gasteiger charge is -2.36. The van der Waals surface area contributed by atoms with Crippen molar-refractivity contribution in [3.8, 4) is 0 Å². The SMILES string of the molecule is Cc1ccc(CN2C(=O)[C@H]([C@H](C)C(=O)NC3CCCCCC3)Sc3ccccc32)cc1. The molecule has 2 amide bonds. The number of anilines is 1. The van der Waals surface area contributed by atoms with Crippen LogP contribution in [0.15, 0.2) is 53.4 Å². The minimum absolute atomic E-state index is 0.00687. The van der Waals surface area contributed by atoms with Gasteiger partial charge in [-0.1, -0.05) is 74.6 Å². The van der Waals surface area contributed by atoms with Gasteiger partial charge in [0.2, 0.25) is 11.8 Å². The lowest BCUT2D eigenvalue weighted by molar-refractivity contribution is -0.129. The third-order valence-electron chi connectivity index (χ3n) is 6.45. The second-order valence-corrected chi connectivity index (χ2v) is 10.1. The van der Waals surface area contributed by atoms with Crippen LogP contribution in [0.3, 0.4) is 0 Å². The van der Waals surface area contributed by atoms with Crippen LogP contribution in [0.1, 0.15) is 56.6 Å². The molecule has 1 N–H and O–H groups in total. The van der Waals surface area contributed by atoms with Crippen LogP contribution in [0.2, 0.25) is 0 Å². The third-order valence-corrected chi connectivity index (χ3v) is 7.91. The number of thioether (sulfide) groups is 1. The van der Waals surface area contributed by atoms with E-state index in [0.717, 1.165) is 29.0 Å². The first kappa shape index (κ1) is 21.9. The van der Waals surface area contributed by atoms with Crippen LogP contribution >= 0.6 is 11.8 Å². The number of para-hydroxylation sites is 1. The molecule has 1 aliphatic carbocycles. The van der Waals surface area contributed by atoms with Gasteiger partial charge < -0.3 is 10.2 Å². The van der Waals surface area contributed by atoms with Crippen LogP contribution < -0.4 is 10.2 Å². The fraction of sp³-hybridized carbons (Fsp3) is 0.462. The Bertz CT molecular complexity index is 919. The molecule has 0 spiro atoms. The van der Waals surface area contributed by atoms with Crippen molar-refractivity contribution in [1.29, 1.82) is 0 Å². The molecule has 2 aromatic rings. The number of carbonyl (C=O) groups is 2. The third kappa shape index (κ3) is 5.15. The summed E-state index contributed by atoms with van der Waals surface area (Å²) in [6.07, 6.45) is 6.95. The number of nitrogens with one attached hydrogen (secondary N) is 1. The molecule has 1 fully saturated rings. The molecule has 2 aliphatic rings. The number of hydrogen-bond acceptors (Lipinski definition) is 3. The summed E-state index contributed by atoms with van der Waals surface area (Å²) >= 11 is 1.53. The van der Waals surface area contributed by atoms with Gasteiger partial charge in [-0.25, -0.2) is 0 Å². The highest BCUT2D eigenvalue weighted by molar-refractivity contribution is 8.01. The van der Waals surface area contributed by atoms with E-state index in [2.05, 4.69) is 42.6 Å². The summed E-state index contributed by atoms with van der Waals surface area (Å²) in [5.41, 5.74) is 3.23. The molecule has 4 rings (SSSR count). The second kappa shape index (κ2) is 9.90. The topological polar surface area (TPSA) is 49.4 Å². The van der Waals surface area contributed by atoms with E-state index >= 15 is 0 Å². The smallest absolute Gasteiger partial charge is 0.241 e. The highest BCUT2D eigenvalue weighted by Crippen LogP contribution is 2.42. The van der Waals surface area contributed by atoms with Gasteiger partial charge in [-0.05, 0) is 37.5 Å². The molecule has 0 saturated heterocycles. The molecule has 0 bridgehead atoms. The summed E-state index contributed by atoms with van der Waals surface area (Å²) in [5.74, 6) is -0.352. The van der Waals surface area contributed by atoms with E-state index in [0.29, 0.717) is 6.54 Å². The van der Waals surface area contributed by atoms with Crippen molar-refractivity contribution in [2.24, 2.45) is 5.92 Å². The standard InChI is InChI=1S/C26H32N2O2S/c1-18-13-15-20(16-14-18)17-28-22-11-7-8-12-23(22)31-24(26(28)30)19(2)25(29)27-21-9-5-3-4-6-10-21/h7-8,11-16,19,21,24H,3-6,9-10,17H2,1-2H3,(H,27,29)/t19-,24-/m0/s1. The maximum atomic E-state index is 13.6. The van der Waals surface area contributed by atoms with E-state index in [-0.39, 0.29) is 23.8 Å². The predicted molar refractivity (Wildman–Crippen MR) is 127 cm³/mol. The first-order chi connectivity index (χ1) is 15.0. The fourth-order valence-electron chi connectivity index (χ4n) is 4.49. The Hall–Kier alpha value is -2.27. The number of fused-ring (bicyclic) bond motifs is 1. The first-order valence-corrected chi connectivity index (χ1v) is 12.3. The summed E-state index contributed by atoms with van der Waals surface area (Å²) in [6.45, 7) is 4.48. The molecule has 2 atom stereocenters. The summed E-state index contributed by atoms with van der Waals surface area (Å²) in [4.78, 5) is 29.6. The quantitative estimate of drug-likeness (QED) is 0.632. The van der Waals surface area contributed by atoms with Crippen LogP contribution in [0.25, 0.3) is 0 Å². The molecule has 0 radical (unpaired) electrons. The number of benzene rings is 2. The van der Waals surface area contributed by atoms with E-state index in [1.807, 2.05) is 30.0 Å². The summed E-state index contributed by atoms with van der Waals surface area (Å²) < 4.78 is 0. The van der Waals surface area contributed by atoms with Gasteiger partial charge in [0.25, 0.3) is 0 Å². The van der Waals surface area contributed by atoms with Gasteiger partial charge in [-0.3, -0.25) is 9.59 Å². The van der Waals surface area contributed by atoms with Crippen LogP contribution in [0.5, 0.6) is 0 Å². The normalized spacial score (nSPS) is 20.6. The van der Waals surface area contributed by atoms with Crippen molar-refractivity contribution >= 4 is 29.3 Å². The van der Waals surface area contributed by atoms with Gasteiger partial charge in [-0.2, -0.15) is 0 Å². The first-order valence-electron chi connectivity index (χ1n) is 11.5. The van der Waals surface area contributed by atoms with Crippen molar-refractivity contribution in [2.75, 3.05) is 4.90 Å². The van der Waals surface area contributed by atoms with Gasteiger partial charge >= 0.3 is 0 Å². The number of rotatable bonds is 5. The van der Waals surface area contributed by atoms with Gasteiger partial charge in [-0.15, -0.1) is 11.8 Å². The highest BCUT2D eigenvalue weighted by Gasteiger charge is 2.39. The molecule has 0 aromatic heterocycles. The Kier molecular flexibility index (Phi) is 7.01. The largest absolute Gasteiger partial charge is 0.353 e. The number of carbonyl (C=O) groups excluding carboxylic acids is 2. The summed E-state index contributed by atoms with van der Waals surface area (Å²) in [7, 11) is 0. The zero-order valence-electron chi connectivity index (χ0n) is 18.5. The molecule has 1 saturated carbocycles. The molecule has 2 aromatic carbocycles. The van der Waals surface area contributed by atoms with E-state index in [9.17, 15) is 9.59 Å². The predicted octanol–water partition coefficient (Wildman–Crippen LogP) is 5.48. The van der Waals surface area contributed by atoms with Crippen molar-refractivity contribution in [1.82, 2.24) is 5.32 Å². The molecular formula is C26H32N2O2S. The van der Waals surface area contributed by atoms with E-state index in [4.69, 9.17) is 0 Å². The van der Waals surface area contributed by atoms with Crippen molar-refractivity contribution in [3.63, 3.8) is 0 Å². The highest BCUT2D eigenvalue weighted by atomic mass is 32.2. The minimum atomic E-state index is -0.411. The van der Waals surface area contributed by atoms with E-state index in [1.165, 1.54) is 43.0 Å². The lowest BCUT2D eigenvalue weighted by atomic mass is 10.0. The molecule has 4 nitrogen and oxygen atoms in total. The number of amides is 2. The lowest BCUT2D eigenvalue weighted by Crippen LogP contribution is -2.48. The minimum Gasteiger partial charge on any atom is -0.353 e.